The third kappa shape index (κ3) is 7.78. The Kier molecular flexibility index (Phi) is 8.91. The van der Waals surface area contributed by atoms with Crippen LogP contribution in [-0.2, 0) is 25.6 Å². The predicted molar refractivity (Wildman–Crippen MR) is 83.3 cm³/mol. The molecule has 22 heavy (non-hydrogen) atoms. The monoisotopic (exact) mass is 308 g/mol. The molecule has 5 nitrogen and oxygen atoms in total. The van der Waals surface area contributed by atoms with Gasteiger partial charge in [-0.2, -0.15) is 0 Å². The standard InChI is InChI=1S/C17H25NO4/c1-3-21-16(19)10-12-18(13-11-17(20)22-4-2)14-15-8-6-5-7-9-15/h5-9H,3-4,10-14H2,1-2H3/p+1. The van der Waals surface area contributed by atoms with Crippen molar-refractivity contribution in [2.45, 2.75) is 33.2 Å². The molecule has 0 aliphatic carbocycles. The van der Waals surface area contributed by atoms with Crippen molar-refractivity contribution in [1.82, 2.24) is 0 Å². The minimum absolute atomic E-state index is 0.191. The molecule has 0 saturated carbocycles. The normalized spacial score (nSPS) is 10.5. The van der Waals surface area contributed by atoms with E-state index in [-0.39, 0.29) is 11.9 Å². The maximum Gasteiger partial charge on any atom is 0.311 e. The smallest absolute Gasteiger partial charge is 0.311 e. The number of nitrogens with one attached hydrogen (secondary N) is 1. The van der Waals surface area contributed by atoms with Crippen LogP contribution in [0.2, 0.25) is 0 Å². The molecule has 0 spiro atoms. The maximum absolute atomic E-state index is 11.5. The zero-order chi connectivity index (χ0) is 16.2. The summed E-state index contributed by atoms with van der Waals surface area (Å²) in [7, 11) is 0. The number of hydrogen-bond acceptors (Lipinski definition) is 4. The van der Waals surface area contributed by atoms with Gasteiger partial charge in [-0.05, 0) is 13.8 Å². The molecule has 0 atom stereocenters. The van der Waals surface area contributed by atoms with Crippen molar-refractivity contribution in [2.24, 2.45) is 0 Å². The van der Waals surface area contributed by atoms with Gasteiger partial charge >= 0.3 is 11.9 Å². The summed E-state index contributed by atoms with van der Waals surface area (Å²) in [4.78, 5) is 24.2. The van der Waals surface area contributed by atoms with Crippen LogP contribution >= 0.6 is 0 Å². The second-order valence-electron chi connectivity index (χ2n) is 5.02. The Balaban J connectivity index is 2.52. The largest absolute Gasteiger partial charge is 0.466 e. The van der Waals surface area contributed by atoms with Crippen LogP contribution < -0.4 is 4.90 Å². The first kappa shape index (κ1) is 18.2. The average Bonchev–Trinajstić information content (AvgIpc) is 2.51. The molecule has 1 N–H and O–H groups in total. The van der Waals surface area contributed by atoms with Crippen LogP contribution in [0.5, 0.6) is 0 Å². The van der Waals surface area contributed by atoms with Crippen LogP contribution in [0.1, 0.15) is 32.3 Å². The first-order chi connectivity index (χ1) is 10.7. The van der Waals surface area contributed by atoms with Crippen molar-refractivity contribution in [3.05, 3.63) is 35.9 Å². The van der Waals surface area contributed by atoms with Gasteiger partial charge in [0.25, 0.3) is 0 Å². The van der Waals surface area contributed by atoms with Gasteiger partial charge in [-0.25, -0.2) is 0 Å². The van der Waals surface area contributed by atoms with E-state index in [1.807, 2.05) is 18.2 Å². The van der Waals surface area contributed by atoms with Crippen LogP contribution in [0, 0.1) is 0 Å². The summed E-state index contributed by atoms with van der Waals surface area (Å²) in [5, 5.41) is 0. The molecule has 5 heteroatoms. The van der Waals surface area contributed by atoms with E-state index in [0.29, 0.717) is 39.1 Å². The number of rotatable bonds is 10. The van der Waals surface area contributed by atoms with Gasteiger partial charge in [0.05, 0.1) is 39.1 Å². The SMILES string of the molecule is CCOC(=O)CC[NH+](CCC(=O)OCC)Cc1ccccc1. The summed E-state index contributed by atoms with van der Waals surface area (Å²) in [5.74, 6) is -0.381. The van der Waals surface area contributed by atoms with E-state index in [0.717, 1.165) is 6.54 Å². The molecule has 0 aliphatic heterocycles. The van der Waals surface area contributed by atoms with Crippen LogP contribution in [0.4, 0.5) is 0 Å². The van der Waals surface area contributed by atoms with Gasteiger partial charge in [0.1, 0.15) is 6.54 Å². The van der Waals surface area contributed by atoms with Crippen molar-refractivity contribution >= 4 is 11.9 Å². The fourth-order valence-electron chi connectivity index (χ4n) is 2.21. The van der Waals surface area contributed by atoms with Gasteiger partial charge in [0.15, 0.2) is 0 Å². The van der Waals surface area contributed by atoms with E-state index in [9.17, 15) is 9.59 Å². The Hall–Kier alpha value is -1.88. The van der Waals surface area contributed by atoms with Crippen molar-refractivity contribution < 1.29 is 24.0 Å². The molecule has 0 aromatic heterocycles. The summed E-state index contributed by atoms with van der Waals surface area (Å²) < 4.78 is 9.93. The summed E-state index contributed by atoms with van der Waals surface area (Å²) in [6.07, 6.45) is 0.720. The van der Waals surface area contributed by atoms with Crippen molar-refractivity contribution in [3.63, 3.8) is 0 Å². The highest BCUT2D eigenvalue weighted by molar-refractivity contribution is 5.69. The Labute approximate surface area is 132 Å². The van der Waals surface area contributed by atoms with E-state index in [1.54, 1.807) is 13.8 Å². The van der Waals surface area contributed by atoms with Crippen molar-refractivity contribution in [3.8, 4) is 0 Å². The third-order valence-corrected chi connectivity index (χ3v) is 3.27. The van der Waals surface area contributed by atoms with E-state index in [1.165, 1.54) is 10.5 Å². The van der Waals surface area contributed by atoms with Gasteiger partial charge in [-0.15, -0.1) is 0 Å². The molecule has 0 saturated heterocycles. The van der Waals surface area contributed by atoms with E-state index in [4.69, 9.17) is 9.47 Å². The average molecular weight is 308 g/mol. The Morgan fingerprint density at radius 3 is 1.86 bits per heavy atom. The van der Waals surface area contributed by atoms with Gasteiger partial charge < -0.3 is 14.4 Å². The zero-order valence-corrected chi connectivity index (χ0v) is 13.5. The molecule has 122 valence electrons. The molecular formula is C17H26NO4+. The lowest BCUT2D eigenvalue weighted by atomic mass is 10.2. The second-order valence-corrected chi connectivity index (χ2v) is 5.02. The van der Waals surface area contributed by atoms with Crippen LogP contribution in [-0.4, -0.2) is 38.2 Å². The first-order valence-corrected chi connectivity index (χ1v) is 7.84. The van der Waals surface area contributed by atoms with Crippen molar-refractivity contribution in [2.75, 3.05) is 26.3 Å². The van der Waals surface area contributed by atoms with Gasteiger partial charge in [0.2, 0.25) is 0 Å². The van der Waals surface area contributed by atoms with Crippen LogP contribution in [0.15, 0.2) is 30.3 Å². The molecule has 0 radical (unpaired) electrons. The lowest BCUT2D eigenvalue weighted by Gasteiger charge is -2.19. The molecular weight excluding hydrogens is 282 g/mol. The zero-order valence-electron chi connectivity index (χ0n) is 13.5. The predicted octanol–water partition coefficient (Wildman–Crippen LogP) is 0.978. The number of esters is 2. The molecule has 1 rings (SSSR count). The fourth-order valence-corrected chi connectivity index (χ4v) is 2.21. The number of carbonyl (C=O) groups excluding carboxylic acids is 2. The molecule has 0 aliphatic rings. The number of quaternary nitrogens is 1. The van der Waals surface area contributed by atoms with Crippen LogP contribution in [0.25, 0.3) is 0 Å². The minimum atomic E-state index is -0.191. The second kappa shape index (κ2) is 10.8. The lowest BCUT2D eigenvalue weighted by molar-refractivity contribution is -0.912. The number of hydrogen-bond donors (Lipinski definition) is 1. The molecule has 0 bridgehead atoms. The highest BCUT2D eigenvalue weighted by Crippen LogP contribution is 1.96. The Morgan fingerprint density at radius 2 is 1.41 bits per heavy atom. The summed E-state index contributed by atoms with van der Waals surface area (Å²) >= 11 is 0. The highest BCUT2D eigenvalue weighted by atomic mass is 16.5. The third-order valence-electron chi connectivity index (χ3n) is 3.27. The van der Waals surface area contributed by atoms with E-state index in [2.05, 4.69) is 12.1 Å². The van der Waals surface area contributed by atoms with E-state index < -0.39 is 0 Å². The van der Waals surface area contributed by atoms with E-state index >= 15 is 0 Å². The highest BCUT2D eigenvalue weighted by Gasteiger charge is 2.15. The number of ether oxygens (including phenoxy) is 2. The van der Waals surface area contributed by atoms with Gasteiger partial charge in [0, 0.05) is 5.56 Å². The Morgan fingerprint density at radius 1 is 0.909 bits per heavy atom. The summed E-state index contributed by atoms with van der Waals surface area (Å²) in [6, 6.07) is 10.1. The lowest BCUT2D eigenvalue weighted by Crippen LogP contribution is -3.11. The van der Waals surface area contributed by atoms with Crippen molar-refractivity contribution in [1.29, 1.82) is 0 Å². The fraction of sp³-hybridized carbons (Fsp3) is 0.529. The maximum atomic E-state index is 11.5. The molecule has 1 aromatic rings. The molecule has 0 heterocycles. The summed E-state index contributed by atoms with van der Waals surface area (Å²) in [6.45, 7) is 6.46. The Bertz CT molecular complexity index is 425. The van der Waals surface area contributed by atoms with Gasteiger partial charge in [-0.1, -0.05) is 30.3 Å². The molecule has 1 aromatic carbocycles. The molecule has 0 fully saturated rings. The number of carbonyl (C=O) groups is 2. The topological polar surface area (TPSA) is 57.0 Å². The minimum Gasteiger partial charge on any atom is -0.466 e. The van der Waals surface area contributed by atoms with Crippen LogP contribution in [0.3, 0.4) is 0 Å². The number of benzene rings is 1. The quantitative estimate of drug-likeness (QED) is 0.655. The molecule has 0 unspecified atom stereocenters. The van der Waals surface area contributed by atoms with Gasteiger partial charge in [-0.3, -0.25) is 9.59 Å². The summed E-state index contributed by atoms with van der Waals surface area (Å²) in [5.41, 5.74) is 1.19. The first-order valence-electron chi connectivity index (χ1n) is 7.84. The molecule has 0 amide bonds.